The number of rotatable bonds is 2. The van der Waals surface area contributed by atoms with Gasteiger partial charge >= 0.3 is 0 Å². The van der Waals surface area contributed by atoms with Gasteiger partial charge in [-0.2, -0.15) is 5.06 Å². The number of aliphatic hydroxyl groups is 1. The summed E-state index contributed by atoms with van der Waals surface area (Å²) in [6, 6.07) is 9.02. The Balaban J connectivity index is 2.35. The monoisotopic (exact) mass is 277 g/mol. The van der Waals surface area contributed by atoms with E-state index in [4.69, 9.17) is 0 Å². The lowest BCUT2D eigenvalue weighted by atomic mass is 9.70. The van der Waals surface area contributed by atoms with E-state index in [2.05, 4.69) is 0 Å². The van der Waals surface area contributed by atoms with Crippen molar-refractivity contribution in [1.82, 2.24) is 5.06 Å². The summed E-state index contributed by atoms with van der Waals surface area (Å²) >= 11 is 0. The SMILES string of the molecule is CC1(C)CC(C(=O)c2ccccc2)C(O)C(C)(C)N1O. The maximum absolute atomic E-state index is 12.6. The van der Waals surface area contributed by atoms with Crippen molar-refractivity contribution in [3.05, 3.63) is 35.9 Å². The maximum Gasteiger partial charge on any atom is 0.168 e. The van der Waals surface area contributed by atoms with Gasteiger partial charge in [0.2, 0.25) is 0 Å². The first-order chi connectivity index (χ1) is 9.18. The molecular formula is C16H23NO3. The van der Waals surface area contributed by atoms with Crippen molar-refractivity contribution >= 4 is 5.78 Å². The Kier molecular flexibility index (Phi) is 3.75. The second-order valence-corrected chi connectivity index (χ2v) is 6.76. The molecule has 1 aliphatic rings. The molecule has 4 heteroatoms. The lowest BCUT2D eigenvalue weighted by molar-refractivity contribution is -0.277. The number of hydrogen-bond donors (Lipinski definition) is 2. The Morgan fingerprint density at radius 3 is 2.30 bits per heavy atom. The van der Waals surface area contributed by atoms with Gasteiger partial charge in [0.25, 0.3) is 0 Å². The van der Waals surface area contributed by atoms with Crippen molar-refractivity contribution in [1.29, 1.82) is 0 Å². The number of ketones is 1. The Morgan fingerprint density at radius 2 is 1.75 bits per heavy atom. The number of benzene rings is 1. The summed E-state index contributed by atoms with van der Waals surface area (Å²) in [5.74, 6) is -0.571. The Bertz CT molecular complexity index is 496. The third-order valence-corrected chi connectivity index (χ3v) is 4.34. The van der Waals surface area contributed by atoms with Crippen LogP contribution in [0.5, 0.6) is 0 Å². The molecule has 1 aliphatic heterocycles. The molecule has 0 amide bonds. The minimum atomic E-state index is -0.909. The van der Waals surface area contributed by atoms with Gasteiger partial charge in [-0.05, 0) is 34.1 Å². The molecule has 20 heavy (non-hydrogen) atoms. The maximum atomic E-state index is 12.6. The van der Waals surface area contributed by atoms with Gasteiger partial charge in [0, 0.05) is 11.1 Å². The summed E-state index contributed by atoms with van der Waals surface area (Å²) in [4.78, 5) is 12.6. The van der Waals surface area contributed by atoms with Crippen LogP contribution in [0, 0.1) is 5.92 Å². The lowest BCUT2D eigenvalue weighted by Crippen LogP contribution is -2.67. The fourth-order valence-corrected chi connectivity index (χ4v) is 3.19. The average Bonchev–Trinajstić information content (AvgIpc) is 2.42. The van der Waals surface area contributed by atoms with Crippen LogP contribution >= 0.6 is 0 Å². The van der Waals surface area contributed by atoms with Crippen molar-refractivity contribution < 1.29 is 15.1 Å². The molecule has 1 heterocycles. The molecule has 110 valence electrons. The smallest absolute Gasteiger partial charge is 0.168 e. The van der Waals surface area contributed by atoms with Crippen molar-refractivity contribution in [2.24, 2.45) is 5.92 Å². The van der Waals surface area contributed by atoms with E-state index in [9.17, 15) is 15.1 Å². The predicted molar refractivity (Wildman–Crippen MR) is 76.7 cm³/mol. The van der Waals surface area contributed by atoms with Crippen LogP contribution in [0.2, 0.25) is 0 Å². The molecule has 1 fully saturated rings. The summed E-state index contributed by atoms with van der Waals surface area (Å²) in [7, 11) is 0. The number of Topliss-reactive ketones (excluding diaryl/α,β-unsaturated/α-hetero) is 1. The van der Waals surface area contributed by atoms with E-state index in [-0.39, 0.29) is 5.78 Å². The Hall–Kier alpha value is -1.23. The average molecular weight is 277 g/mol. The fraction of sp³-hybridized carbons (Fsp3) is 0.562. The molecule has 1 aromatic carbocycles. The third kappa shape index (κ3) is 2.39. The molecule has 0 saturated carbocycles. The normalized spacial score (nSPS) is 29.1. The number of carbonyl (C=O) groups is 1. The van der Waals surface area contributed by atoms with Crippen molar-refractivity contribution in [2.75, 3.05) is 0 Å². The Morgan fingerprint density at radius 1 is 1.20 bits per heavy atom. The van der Waals surface area contributed by atoms with Crippen LogP contribution < -0.4 is 0 Å². The molecule has 2 N–H and O–H groups in total. The van der Waals surface area contributed by atoms with Gasteiger partial charge in [-0.25, -0.2) is 0 Å². The zero-order valence-corrected chi connectivity index (χ0v) is 12.5. The summed E-state index contributed by atoms with van der Waals surface area (Å²) in [6.45, 7) is 7.27. The highest BCUT2D eigenvalue weighted by molar-refractivity contribution is 5.98. The summed E-state index contributed by atoms with van der Waals surface area (Å²) in [5, 5.41) is 22.0. The second kappa shape index (κ2) is 4.95. The quantitative estimate of drug-likeness (QED) is 0.815. The Labute approximate surface area is 120 Å². The topological polar surface area (TPSA) is 60.8 Å². The van der Waals surface area contributed by atoms with Gasteiger partial charge in [0.1, 0.15) is 0 Å². The van der Waals surface area contributed by atoms with Crippen molar-refractivity contribution in [3.8, 4) is 0 Å². The molecular weight excluding hydrogens is 254 g/mol. The number of carbonyl (C=O) groups excluding carboxylic acids is 1. The molecule has 2 atom stereocenters. The van der Waals surface area contributed by atoms with Crippen LogP contribution in [-0.2, 0) is 0 Å². The summed E-state index contributed by atoms with van der Waals surface area (Å²) in [6.07, 6.45) is -0.491. The largest absolute Gasteiger partial charge is 0.390 e. The first-order valence-corrected chi connectivity index (χ1v) is 6.94. The van der Waals surface area contributed by atoms with E-state index in [1.54, 1.807) is 26.0 Å². The highest BCUT2D eigenvalue weighted by Gasteiger charge is 2.53. The van der Waals surface area contributed by atoms with E-state index in [1.807, 2.05) is 32.0 Å². The number of nitrogens with zero attached hydrogens (tertiary/aromatic N) is 1. The van der Waals surface area contributed by atoms with Gasteiger partial charge in [-0.3, -0.25) is 4.79 Å². The highest BCUT2D eigenvalue weighted by atomic mass is 16.5. The van der Waals surface area contributed by atoms with E-state index in [0.29, 0.717) is 12.0 Å². The van der Waals surface area contributed by atoms with Crippen LogP contribution in [0.15, 0.2) is 30.3 Å². The molecule has 1 saturated heterocycles. The predicted octanol–water partition coefficient (Wildman–Crippen LogP) is 2.50. The van der Waals surface area contributed by atoms with Crippen LogP contribution in [0.4, 0.5) is 0 Å². The second-order valence-electron chi connectivity index (χ2n) is 6.76. The first kappa shape index (κ1) is 15.2. The van der Waals surface area contributed by atoms with Gasteiger partial charge in [0.15, 0.2) is 5.78 Å². The number of hydroxylamine groups is 2. The van der Waals surface area contributed by atoms with E-state index >= 15 is 0 Å². The molecule has 0 bridgehead atoms. The van der Waals surface area contributed by atoms with Crippen LogP contribution in [-0.4, -0.2) is 38.3 Å². The lowest BCUT2D eigenvalue weighted by Gasteiger charge is -2.53. The van der Waals surface area contributed by atoms with E-state index < -0.39 is 23.1 Å². The standard InChI is InChI=1S/C16H23NO3/c1-15(2)10-12(14(19)16(3,4)17(15)20)13(18)11-8-6-5-7-9-11/h5-9,12,14,19-20H,10H2,1-4H3. The number of piperidine rings is 1. The molecule has 1 aromatic rings. The number of hydrogen-bond acceptors (Lipinski definition) is 4. The summed E-state index contributed by atoms with van der Waals surface area (Å²) in [5.41, 5.74) is -0.816. The number of aliphatic hydroxyl groups excluding tert-OH is 1. The molecule has 0 aromatic heterocycles. The van der Waals surface area contributed by atoms with Crippen LogP contribution in [0.1, 0.15) is 44.5 Å². The fourth-order valence-electron chi connectivity index (χ4n) is 3.19. The van der Waals surface area contributed by atoms with Crippen LogP contribution in [0.3, 0.4) is 0 Å². The molecule has 0 aliphatic carbocycles. The molecule has 2 rings (SSSR count). The van der Waals surface area contributed by atoms with Gasteiger partial charge < -0.3 is 10.3 Å². The zero-order valence-electron chi connectivity index (χ0n) is 12.5. The molecule has 2 unspecified atom stereocenters. The van der Waals surface area contributed by atoms with Crippen molar-refractivity contribution in [2.45, 2.75) is 51.3 Å². The van der Waals surface area contributed by atoms with Crippen LogP contribution in [0.25, 0.3) is 0 Å². The summed E-state index contributed by atoms with van der Waals surface area (Å²) < 4.78 is 0. The van der Waals surface area contributed by atoms with E-state index in [0.717, 1.165) is 0 Å². The molecule has 0 radical (unpaired) electrons. The first-order valence-electron chi connectivity index (χ1n) is 6.94. The van der Waals surface area contributed by atoms with Gasteiger partial charge in [0.05, 0.1) is 17.6 Å². The third-order valence-electron chi connectivity index (χ3n) is 4.34. The minimum absolute atomic E-state index is 0.0626. The van der Waals surface area contributed by atoms with Crippen molar-refractivity contribution in [3.63, 3.8) is 0 Å². The van der Waals surface area contributed by atoms with Gasteiger partial charge in [-0.15, -0.1) is 0 Å². The van der Waals surface area contributed by atoms with Gasteiger partial charge in [-0.1, -0.05) is 30.3 Å². The minimum Gasteiger partial charge on any atom is -0.390 e. The zero-order chi connectivity index (χ0) is 15.1. The molecule has 4 nitrogen and oxygen atoms in total. The molecule has 0 spiro atoms. The highest BCUT2D eigenvalue weighted by Crippen LogP contribution is 2.41. The van der Waals surface area contributed by atoms with E-state index in [1.165, 1.54) is 5.06 Å².